The van der Waals surface area contributed by atoms with Gasteiger partial charge < -0.3 is 19.7 Å². The highest BCUT2D eigenvalue weighted by atomic mass is 16.4. The summed E-state index contributed by atoms with van der Waals surface area (Å²) in [5, 5.41) is 10.2. The van der Waals surface area contributed by atoms with Gasteiger partial charge in [-0.3, -0.25) is 4.79 Å². The molecule has 5 heteroatoms. The van der Waals surface area contributed by atoms with E-state index in [0.29, 0.717) is 6.04 Å². The third-order valence-corrected chi connectivity index (χ3v) is 3.12. The number of nitrogens with one attached hydrogen (secondary N) is 1. The fraction of sp³-hybridized carbons (Fsp3) is 0.818. The fourth-order valence-electron chi connectivity index (χ4n) is 1.99. The van der Waals surface area contributed by atoms with Crippen LogP contribution < -0.4 is 10.0 Å². The number of rotatable bonds is 4. The van der Waals surface area contributed by atoms with E-state index in [-0.39, 0.29) is 18.7 Å². The Labute approximate surface area is 96.0 Å². The van der Waals surface area contributed by atoms with Crippen molar-refractivity contribution in [2.45, 2.75) is 32.7 Å². The van der Waals surface area contributed by atoms with Crippen LogP contribution in [0.3, 0.4) is 0 Å². The molecule has 0 unspecified atom stereocenters. The molecule has 1 rings (SSSR count). The number of piperazine rings is 1. The van der Waals surface area contributed by atoms with Gasteiger partial charge in [0.15, 0.2) is 0 Å². The zero-order valence-electron chi connectivity index (χ0n) is 9.99. The molecule has 0 aromatic carbocycles. The lowest BCUT2D eigenvalue weighted by molar-refractivity contribution is -0.925. The second kappa shape index (κ2) is 5.84. The highest BCUT2D eigenvalue weighted by Gasteiger charge is 2.24. The molecule has 0 radical (unpaired) electrons. The maximum Gasteiger partial charge on any atom is 0.223 e. The monoisotopic (exact) mass is 228 g/mol. The number of hydrogen-bond acceptors (Lipinski definition) is 3. The Morgan fingerprint density at radius 1 is 1.25 bits per heavy atom. The van der Waals surface area contributed by atoms with Gasteiger partial charge in [-0.1, -0.05) is 0 Å². The molecule has 0 atom stereocenters. The predicted octanol–water partition coefficient (Wildman–Crippen LogP) is -2.35. The molecule has 0 saturated carbocycles. The Hall–Kier alpha value is -1.10. The first-order valence-corrected chi connectivity index (χ1v) is 5.83. The molecule has 92 valence electrons. The number of carbonyl (C=O) groups excluding carboxylic acids is 2. The zero-order chi connectivity index (χ0) is 12.1. The van der Waals surface area contributed by atoms with Crippen LogP contribution in [0.2, 0.25) is 0 Å². The third-order valence-electron chi connectivity index (χ3n) is 3.12. The van der Waals surface area contributed by atoms with Gasteiger partial charge in [-0.05, 0) is 20.3 Å². The molecule has 16 heavy (non-hydrogen) atoms. The van der Waals surface area contributed by atoms with Crippen molar-refractivity contribution in [2.75, 3.05) is 26.2 Å². The topological polar surface area (TPSA) is 64.9 Å². The maximum atomic E-state index is 11.6. The molecular formula is C11H20N2O3. The molecule has 5 nitrogen and oxygen atoms in total. The summed E-state index contributed by atoms with van der Waals surface area (Å²) in [6.45, 7) is 7.72. The molecule has 0 aromatic heterocycles. The average Bonchev–Trinajstić information content (AvgIpc) is 2.26. The summed E-state index contributed by atoms with van der Waals surface area (Å²) in [7, 11) is 0. The first kappa shape index (κ1) is 13.0. The van der Waals surface area contributed by atoms with E-state index in [1.54, 1.807) is 4.90 Å². The molecule has 0 aromatic rings. The van der Waals surface area contributed by atoms with E-state index in [4.69, 9.17) is 0 Å². The Balaban J connectivity index is 2.30. The minimum atomic E-state index is -1.15. The number of carbonyl (C=O) groups is 2. The van der Waals surface area contributed by atoms with Crippen LogP contribution in [0.5, 0.6) is 0 Å². The van der Waals surface area contributed by atoms with Crippen molar-refractivity contribution in [3.8, 4) is 0 Å². The number of quaternary nitrogens is 1. The van der Waals surface area contributed by atoms with Gasteiger partial charge in [0.1, 0.15) is 0 Å². The summed E-state index contributed by atoms with van der Waals surface area (Å²) in [6, 6.07) is 0.584. The van der Waals surface area contributed by atoms with Gasteiger partial charge in [-0.2, -0.15) is 0 Å². The fourth-order valence-corrected chi connectivity index (χ4v) is 1.99. The van der Waals surface area contributed by atoms with Crippen molar-refractivity contribution < 1.29 is 19.6 Å². The number of hydrogen-bond donors (Lipinski definition) is 1. The Morgan fingerprint density at radius 2 is 1.81 bits per heavy atom. The molecule has 0 spiro atoms. The lowest BCUT2D eigenvalue weighted by Crippen LogP contribution is -3.17. The smallest absolute Gasteiger partial charge is 0.223 e. The van der Waals surface area contributed by atoms with Crippen LogP contribution in [0.25, 0.3) is 0 Å². The minimum absolute atomic E-state index is 0.0630. The Kier molecular flexibility index (Phi) is 4.73. The first-order chi connectivity index (χ1) is 7.50. The molecular weight excluding hydrogens is 208 g/mol. The molecule has 1 amide bonds. The van der Waals surface area contributed by atoms with Crippen LogP contribution in [0.15, 0.2) is 0 Å². The van der Waals surface area contributed by atoms with E-state index < -0.39 is 5.97 Å². The van der Waals surface area contributed by atoms with E-state index in [1.807, 2.05) is 0 Å². The minimum Gasteiger partial charge on any atom is -0.550 e. The Bertz CT molecular complexity index is 258. The average molecular weight is 228 g/mol. The van der Waals surface area contributed by atoms with Crippen LogP contribution >= 0.6 is 0 Å². The summed E-state index contributed by atoms with van der Waals surface area (Å²) in [6.07, 6.45) is -0.102. The van der Waals surface area contributed by atoms with E-state index >= 15 is 0 Å². The summed E-state index contributed by atoms with van der Waals surface area (Å²) in [5.74, 6) is -1.22. The molecule has 0 aliphatic carbocycles. The van der Waals surface area contributed by atoms with Crippen molar-refractivity contribution in [3.05, 3.63) is 0 Å². The number of aliphatic carboxylic acids is 1. The van der Waals surface area contributed by atoms with Crippen LogP contribution in [-0.4, -0.2) is 49.0 Å². The number of nitrogens with zero attached hydrogens (tertiary/aromatic N) is 1. The SMILES string of the molecule is CC(C)[NH+]1CCN(C(=O)CCC(=O)[O-])CC1. The molecule has 0 bridgehead atoms. The summed E-state index contributed by atoms with van der Waals surface area (Å²) in [4.78, 5) is 25.1. The summed E-state index contributed by atoms with van der Waals surface area (Å²) in [5.41, 5.74) is 0. The number of carboxylic acid groups (broad SMARTS) is 1. The quantitative estimate of drug-likeness (QED) is 0.586. The van der Waals surface area contributed by atoms with Gasteiger partial charge in [-0.25, -0.2) is 0 Å². The molecule has 1 N–H and O–H groups in total. The molecule has 1 heterocycles. The van der Waals surface area contributed by atoms with E-state index in [0.717, 1.165) is 26.2 Å². The molecule has 1 saturated heterocycles. The normalized spacial score (nSPS) is 17.8. The van der Waals surface area contributed by atoms with Gasteiger partial charge in [0.25, 0.3) is 0 Å². The van der Waals surface area contributed by atoms with Crippen molar-refractivity contribution >= 4 is 11.9 Å². The van der Waals surface area contributed by atoms with Gasteiger partial charge >= 0.3 is 0 Å². The molecule has 1 fully saturated rings. The lowest BCUT2D eigenvalue weighted by atomic mass is 10.2. The van der Waals surface area contributed by atoms with Gasteiger partial charge in [0.2, 0.25) is 5.91 Å². The van der Waals surface area contributed by atoms with E-state index in [2.05, 4.69) is 13.8 Å². The van der Waals surface area contributed by atoms with Crippen molar-refractivity contribution in [3.63, 3.8) is 0 Å². The third kappa shape index (κ3) is 3.81. The van der Waals surface area contributed by atoms with Gasteiger partial charge in [0, 0.05) is 12.4 Å². The van der Waals surface area contributed by atoms with Crippen LogP contribution in [0, 0.1) is 0 Å². The van der Waals surface area contributed by atoms with Gasteiger partial charge in [0.05, 0.1) is 32.2 Å². The largest absolute Gasteiger partial charge is 0.550 e. The second-order valence-corrected chi connectivity index (χ2v) is 4.57. The van der Waals surface area contributed by atoms with Crippen molar-refractivity contribution in [2.24, 2.45) is 0 Å². The lowest BCUT2D eigenvalue weighted by Gasteiger charge is -2.34. The number of amides is 1. The van der Waals surface area contributed by atoms with E-state index in [1.165, 1.54) is 4.90 Å². The Morgan fingerprint density at radius 3 is 2.25 bits per heavy atom. The summed E-state index contributed by atoms with van der Waals surface area (Å²) < 4.78 is 0. The van der Waals surface area contributed by atoms with Crippen LogP contribution in [0.4, 0.5) is 0 Å². The predicted molar refractivity (Wildman–Crippen MR) is 56.7 cm³/mol. The highest BCUT2D eigenvalue weighted by Crippen LogP contribution is 1.98. The number of carboxylic acids is 1. The van der Waals surface area contributed by atoms with Crippen molar-refractivity contribution in [1.82, 2.24) is 4.90 Å². The summed E-state index contributed by atoms with van der Waals surface area (Å²) >= 11 is 0. The van der Waals surface area contributed by atoms with Gasteiger partial charge in [-0.15, -0.1) is 0 Å². The molecule has 1 aliphatic rings. The highest BCUT2D eigenvalue weighted by molar-refractivity contribution is 5.80. The maximum absolute atomic E-state index is 11.6. The second-order valence-electron chi connectivity index (χ2n) is 4.57. The van der Waals surface area contributed by atoms with E-state index in [9.17, 15) is 14.7 Å². The van der Waals surface area contributed by atoms with Crippen LogP contribution in [0.1, 0.15) is 26.7 Å². The zero-order valence-corrected chi connectivity index (χ0v) is 9.99. The van der Waals surface area contributed by atoms with Crippen LogP contribution in [-0.2, 0) is 9.59 Å². The standard InChI is InChI=1S/C11H20N2O3/c1-9(2)12-5-7-13(8-6-12)10(14)3-4-11(15)16/h9H,3-8H2,1-2H3,(H,15,16). The molecule has 1 aliphatic heterocycles. The van der Waals surface area contributed by atoms with Crippen molar-refractivity contribution in [1.29, 1.82) is 0 Å². The first-order valence-electron chi connectivity index (χ1n) is 5.83.